The van der Waals surface area contributed by atoms with Crippen LogP contribution >= 0.6 is 0 Å². The van der Waals surface area contributed by atoms with Gasteiger partial charge in [0, 0.05) is 12.1 Å². The van der Waals surface area contributed by atoms with Crippen molar-refractivity contribution in [1.82, 2.24) is 5.32 Å². The molecular formula is C12H16N2O. The van der Waals surface area contributed by atoms with Gasteiger partial charge in [0.2, 0.25) is 5.91 Å². The highest BCUT2D eigenvalue weighted by atomic mass is 16.2. The molecule has 0 bridgehead atoms. The van der Waals surface area contributed by atoms with Gasteiger partial charge < -0.3 is 11.1 Å². The number of amides is 1. The van der Waals surface area contributed by atoms with Crippen LogP contribution in [0.4, 0.5) is 0 Å². The summed E-state index contributed by atoms with van der Waals surface area (Å²) in [5.74, 6) is -0.0295. The maximum absolute atomic E-state index is 11.8. The lowest BCUT2D eigenvalue weighted by molar-refractivity contribution is -0.122. The first-order valence-electron chi connectivity index (χ1n) is 5.29. The predicted octanol–water partition coefficient (Wildman–Crippen LogP) is 1.01. The normalized spacial score (nSPS) is 25.7. The van der Waals surface area contributed by atoms with Gasteiger partial charge in [-0.25, -0.2) is 0 Å². The molecule has 3 unspecified atom stereocenters. The van der Waals surface area contributed by atoms with Gasteiger partial charge in [0.15, 0.2) is 0 Å². The van der Waals surface area contributed by atoms with Gasteiger partial charge in [0.1, 0.15) is 0 Å². The van der Waals surface area contributed by atoms with Crippen molar-refractivity contribution in [2.75, 3.05) is 0 Å². The molecule has 0 aromatic heterocycles. The smallest absolute Gasteiger partial charge is 0.227 e. The number of carbonyl (C=O) groups is 1. The van der Waals surface area contributed by atoms with Crippen LogP contribution in [0.25, 0.3) is 0 Å². The third kappa shape index (κ3) is 2.36. The van der Waals surface area contributed by atoms with Crippen molar-refractivity contribution in [2.24, 2.45) is 5.73 Å². The molecule has 3 nitrogen and oxygen atoms in total. The summed E-state index contributed by atoms with van der Waals surface area (Å²) in [5.41, 5.74) is 6.68. The second-order valence-corrected chi connectivity index (χ2v) is 4.15. The van der Waals surface area contributed by atoms with Crippen molar-refractivity contribution in [3.8, 4) is 0 Å². The van der Waals surface area contributed by atoms with Crippen molar-refractivity contribution in [1.29, 1.82) is 0 Å². The fourth-order valence-electron chi connectivity index (χ4n) is 1.58. The zero-order valence-corrected chi connectivity index (χ0v) is 8.81. The molecule has 15 heavy (non-hydrogen) atoms. The first-order chi connectivity index (χ1) is 7.18. The minimum atomic E-state index is -0.0981. The van der Waals surface area contributed by atoms with Crippen LogP contribution < -0.4 is 11.1 Å². The molecule has 80 valence electrons. The monoisotopic (exact) mass is 204 g/mol. The molecule has 3 atom stereocenters. The van der Waals surface area contributed by atoms with E-state index in [-0.39, 0.29) is 23.9 Å². The lowest BCUT2D eigenvalue weighted by atomic mass is 10.0. The Morgan fingerprint density at radius 2 is 2.07 bits per heavy atom. The van der Waals surface area contributed by atoms with E-state index in [2.05, 4.69) is 5.32 Å². The summed E-state index contributed by atoms with van der Waals surface area (Å²) in [5, 5.41) is 2.94. The molecule has 1 aromatic rings. The van der Waals surface area contributed by atoms with Gasteiger partial charge in [-0.1, -0.05) is 30.3 Å². The number of hydrogen-bond donors (Lipinski definition) is 2. The molecule has 0 heterocycles. The van der Waals surface area contributed by atoms with E-state index in [4.69, 9.17) is 5.73 Å². The summed E-state index contributed by atoms with van der Waals surface area (Å²) < 4.78 is 0. The van der Waals surface area contributed by atoms with Gasteiger partial charge in [0.25, 0.3) is 0 Å². The van der Waals surface area contributed by atoms with Crippen LogP contribution in [0.3, 0.4) is 0 Å². The van der Waals surface area contributed by atoms with Gasteiger partial charge in [0.05, 0.1) is 5.92 Å². The van der Waals surface area contributed by atoms with Crippen LogP contribution in [0.2, 0.25) is 0 Å². The molecule has 3 N–H and O–H groups in total. The number of rotatable bonds is 3. The molecule has 3 heteroatoms. The van der Waals surface area contributed by atoms with Gasteiger partial charge in [-0.15, -0.1) is 0 Å². The van der Waals surface area contributed by atoms with E-state index in [0.717, 1.165) is 12.0 Å². The average molecular weight is 204 g/mol. The highest BCUT2D eigenvalue weighted by Gasteiger charge is 2.35. The standard InChI is InChI=1S/C12H16N2O/c1-8(9-5-3-2-4-6-9)12(15)14-11-7-10(11)13/h2-6,8,10-11H,7,13H2,1H3,(H,14,15). The molecule has 0 aliphatic heterocycles. The van der Waals surface area contributed by atoms with E-state index in [1.165, 1.54) is 0 Å². The fraction of sp³-hybridized carbons (Fsp3) is 0.417. The molecule has 1 amide bonds. The number of hydrogen-bond acceptors (Lipinski definition) is 2. The second kappa shape index (κ2) is 4.03. The minimum Gasteiger partial charge on any atom is -0.351 e. The van der Waals surface area contributed by atoms with Crippen LogP contribution in [0, 0.1) is 0 Å². The van der Waals surface area contributed by atoms with E-state index in [9.17, 15) is 4.79 Å². The van der Waals surface area contributed by atoms with Crippen molar-refractivity contribution in [3.63, 3.8) is 0 Å². The maximum atomic E-state index is 11.8. The van der Waals surface area contributed by atoms with Crippen LogP contribution in [0.1, 0.15) is 24.8 Å². The van der Waals surface area contributed by atoms with Crippen LogP contribution in [-0.4, -0.2) is 18.0 Å². The molecule has 1 saturated carbocycles. The largest absolute Gasteiger partial charge is 0.351 e. The Morgan fingerprint density at radius 1 is 1.47 bits per heavy atom. The Bertz CT molecular complexity index is 350. The molecule has 1 aliphatic rings. The van der Waals surface area contributed by atoms with Crippen molar-refractivity contribution < 1.29 is 4.79 Å². The van der Waals surface area contributed by atoms with Crippen LogP contribution in [0.5, 0.6) is 0 Å². The predicted molar refractivity (Wildman–Crippen MR) is 59.4 cm³/mol. The fourth-order valence-corrected chi connectivity index (χ4v) is 1.58. The molecular weight excluding hydrogens is 188 g/mol. The van der Waals surface area contributed by atoms with Gasteiger partial charge in [-0.2, -0.15) is 0 Å². The number of nitrogens with two attached hydrogens (primary N) is 1. The lowest BCUT2D eigenvalue weighted by Gasteiger charge is -2.11. The van der Waals surface area contributed by atoms with E-state index in [1.54, 1.807) is 0 Å². The first kappa shape index (κ1) is 10.2. The molecule has 0 saturated heterocycles. The molecule has 0 spiro atoms. The highest BCUT2D eigenvalue weighted by Crippen LogP contribution is 2.21. The van der Waals surface area contributed by atoms with E-state index in [1.807, 2.05) is 37.3 Å². The lowest BCUT2D eigenvalue weighted by Crippen LogP contribution is -2.32. The summed E-state index contributed by atoms with van der Waals surface area (Å²) in [7, 11) is 0. The summed E-state index contributed by atoms with van der Waals surface area (Å²) in [4.78, 5) is 11.8. The van der Waals surface area contributed by atoms with Crippen LogP contribution in [-0.2, 0) is 4.79 Å². The van der Waals surface area contributed by atoms with E-state index in [0.29, 0.717) is 0 Å². The molecule has 2 rings (SSSR count). The zero-order chi connectivity index (χ0) is 10.8. The minimum absolute atomic E-state index is 0.0687. The summed E-state index contributed by atoms with van der Waals surface area (Å²) in [6.07, 6.45) is 0.910. The number of nitrogens with one attached hydrogen (secondary N) is 1. The van der Waals surface area contributed by atoms with Crippen molar-refractivity contribution in [2.45, 2.75) is 31.3 Å². The third-order valence-electron chi connectivity index (χ3n) is 2.86. The second-order valence-electron chi connectivity index (χ2n) is 4.15. The Labute approximate surface area is 89.7 Å². The molecule has 1 aliphatic carbocycles. The Balaban J connectivity index is 1.95. The van der Waals surface area contributed by atoms with Crippen molar-refractivity contribution >= 4 is 5.91 Å². The zero-order valence-electron chi connectivity index (χ0n) is 8.81. The van der Waals surface area contributed by atoms with Crippen LogP contribution in [0.15, 0.2) is 30.3 Å². The summed E-state index contributed by atoms with van der Waals surface area (Å²) in [6, 6.07) is 10.1. The Morgan fingerprint density at radius 3 is 2.60 bits per heavy atom. The van der Waals surface area contributed by atoms with E-state index >= 15 is 0 Å². The Hall–Kier alpha value is -1.35. The van der Waals surface area contributed by atoms with Gasteiger partial charge in [-0.05, 0) is 18.9 Å². The molecule has 1 fully saturated rings. The Kier molecular flexibility index (Phi) is 2.73. The highest BCUT2D eigenvalue weighted by molar-refractivity contribution is 5.83. The average Bonchev–Trinajstić information content (AvgIpc) is 2.94. The quantitative estimate of drug-likeness (QED) is 0.772. The maximum Gasteiger partial charge on any atom is 0.227 e. The van der Waals surface area contributed by atoms with Crippen molar-refractivity contribution in [3.05, 3.63) is 35.9 Å². The van der Waals surface area contributed by atoms with Gasteiger partial charge in [-0.3, -0.25) is 4.79 Å². The van der Waals surface area contributed by atoms with E-state index < -0.39 is 0 Å². The molecule has 1 aromatic carbocycles. The molecule has 0 radical (unpaired) electrons. The van der Waals surface area contributed by atoms with Gasteiger partial charge >= 0.3 is 0 Å². The summed E-state index contributed by atoms with van der Waals surface area (Å²) in [6.45, 7) is 1.92. The third-order valence-corrected chi connectivity index (χ3v) is 2.86. The topological polar surface area (TPSA) is 55.1 Å². The SMILES string of the molecule is CC(C(=O)NC1CC1N)c1ccccc1. The number of carbonyl (C=O) groups excluding carboxylic acids is 1. The first-order valence-corrected chi connectivity index (χ1v) is 5.29. The summed E-state index contributed by atoms with van der Waals surface area (Å²) >= 11 is 0. The number of benzene rings is 1.